The first-order valence-corrected chi connectivity index (χ1v) is 7.67. The van der Waals surface area contributed by atoms with Gasteiger partial charge in [-0.25, -0.2) is 4.98 Å². The van der Waals surface area contributed by atoms with Gasteiger partial charge in [0.25, 0.3) is 5.91 Å². The highest BCUT2D eigenvalue weighted by atomic mass is 32.1. The summed E-state index contributed by atoms with van der Waals surface area (Å²) in [7, 11) is 0. The van der Waals surface area contributed by atoms with Gasteiger partial charge in [0.15, 0.2) is 10.9 Å². The maximum Gasteiger partial charge on any atom is 0.293 e. The number of thiazole rings is 1. The second-order valence-corrected chi connectivity index (χ2v) is 5.70. The molecule has 0 unspecified atom stereocenters. The zero-order valence-corrected chi connectivity index (χ0v) is 12.2. The Morgan fingerprint density at radius 1 is 1.38 bits per heavy atom. The summed E-state index contributed by atoms with van der Waals surface area (Å²) in [5.41, 5.74) is 0.687. The lowest BCUT2D eigenvalue weighted by atomic mass is 10.3. The van der Waals surface area contributed by atoms with Crippen LogP contribution >= 0.6 is 11.3 Å². The van der Waals surface area contributed by atoms with Crippen LogP contribution in [-0.4, -0.2) is 34.8 Å². The summed E-state index contributed by atoms with van der Waals surface area (Å²) >= 11 is 1.30. The number of rotatable bonds is 4. The van der Waals surface area contributed by atoms with Crippen LogP contribution < -0.4 is 5.32 Å². The lowest BCUT2D eigenvalue weighted by Gasteiger charge is -2.13. The predicted molar refractivity (Wildman–Crippen MR) is 78.3 cm³/mol. The number of carbonyl (C=O) groups is 2. The third kappa shape index (κ3) is 3.30. The molecule has 3 heterocycles. The molecule has 7 heteroatoms. The van der Waals surface area contributed by atoms with Crippen LogP contribution in [0.5, 0.6) is 0 Å². The van der Waals surface area contributed by atoms with E-state index in [9.17, 15) is 9.59 Å². The molecule has 110 valence electrons. The maximum absolute atomic E-state index is 12.0. The summed E-state index contributed by atoms with van der Waals surface area (Å²) in [4.78, 5) is 30.0. The Morgan fingerprint density at radius 2 is 2.19 bits per heavy atom. The van der Waals surface area contributed by atoms with Crippen LogP contribution in [0.15, 0.2) is 28.2 Å². The van der Waals surface area contributed by atoms with E-state index in [2.05, 4.69) is 10.3 Å². The fourth-order valence-electron chi connectivity index (χ4n) is 2.25. The maximum atomic E-state index is 12.0. The summed E-state index contributed by atoms with van der Waals surface area (Å²) in [6.45, 7) is 1.68. The van der Waals surface area contributed by atoms with Crippen molar-refractivity contribution in [3.05, 3.63) is 35.2 Å². The molecule has 1 aliphatic heterocycles. The smallest absolute Gasteiger partial charge is 0.293 e. The van der Waals surface area contributed by atoms with Crippen molar-refractivity contribution >= 4 is 28.3 Å². The van der Waals surface area contributed by atoms with Crippen LogP contribution in [0.1, 0.15) is 29.1 Å². The Kier molecular flexibility index (Phi) is 4.01. The van der Waals surface area contributed by atoms with E-state index in [0.717, 1.165) is 25.9 Å². The average molecular weight is 305 g/mol. The zero-order chi connectivity index (χ0) is 14.7. The number of likely N-dealkylation sites (tertiary alicyclic amines) is 1. The highest BCUT2D eigenvalue weighted by Gasteiger charge is 2.19. The zero-order valence-electron chi connectivity index (χ0n) is 11.4. The van der Waals surface area contributed by atoms with E-state index in [1.54, 1.807) is 17.5 Å². The van der Waals surface area contributed by atoms with Crippen molar-refractivity contribution in [2.75, 3.05) is 18.4 Å². The van der Waals surface area contributed by atoms with Gasteiger partial charge in [0.1, 0.15) is 0 Å². The Bertz CT molecular complexity index is 630. The molecular formula is C14H15N3O3S. The molecule has 0 spiro atoms. The molecule has 1 N–H and O–H groups in total. The normalized spacial score (nSPS) is 14.4. The summed E-state index contributed by atoms with van der Waals surface area (Å²) in [5.74, 6) is -0.00614. The van der Waals surface area contributed by atoms with Crippen LogP contribution in [0.4, 0.5) is 5.13 Å². The van der Waals surface area contributed by atoms with E-state index in [1.807, 2.05) is 4.90 Å². The van der Waals surface area contributed by atoms with Gasteiger partial charge >= 0.3 is 0 Å². The molecule has 0 aliphatic carbocycles. The fraction of sp³-hybridized carbons (Fsp3) is 0.357. The molecule has 21 heavy (non-hydrogen) atoms. The van der Waals surface area contributed by atoms with Crippen LogP contribution in [0.25, 0.3) is 0 Å². The first-order chi connectivity index (χ1) is 10.2. The lowest BCUT2D eigenvalue weighted by Crippen LogP contribution is -2.29. The molecule has 0 atom stereocenters. The molecule has 3 rings (SSSR count). The number of furan rings is 1. The number of amides is 2. The first kappa shape index (κ1) is 13.8. The SMILES string of the molecule is O=C(Nc1nc(CC(=O)N2CCCC2)cs1)c1ccco1. The fourth-order valence-corrected chi connectivity index (χ4v) is 2.95. The molecule has 0 radical (unpaired) electrons. The van der Waals surface area contributed by atoms with Crippen molar-refractivity contribution in [2.45, 2.75) is 19.3 Å². The molecule has 2 amide bonds. The molecule has 1 aliphatic rings. The minimum absolute atomic E-state index is 0.0988. The van der Waals surface area contributed by atoms with Gasteiger partial charge in [-0.15, -0.1) is 11.3 Å². The van der Waals surface area contributed by atoms with Gasteiger partial charge in [-0.3, -0.25) is 14.9 Å². The van der Waals surface area contributed by atoms with Crippen molar-refractivity contribution in [1.82, 2.24) is 9.88 Å². The standard InChI is InChI=1S/C14H15N3O3S/c18-12(17-5-1-2-6-17)8-10-9-21-14(15-10)16-13(19)11-4-3-7-20-11/h3-4,7,9H,1-2,5-6,8H2,(H,15,16,19). The summed E-state index contributed by atoms with van der Waals surface area (Å²) < 4.78 is 5.01. The topological polar surface area (TPSA) is 75.4 Å². The monoisotopic (exact) mass is 305 g/mol. The molecule has 6 nitrogen and oxygen atoms in total. The summed E-state index contributed by atoms with van der Waals surface area (Å²) in [6, 6.07) is 3.23. The number of aromatic nitrogens is 1. The number of carbonyl (C=O) groups excluding carboxylic acids is 2. The van der Waals surface area contributed by atoms with Gasteiger partial charge in [-0.2, -0.15) is 0 Å². The highest BCUT2D eigenvalue weighted by molar-refractivity contribution is 7.14. The third-order valence-electron chi connectivity index (χ3n) is 3.31. The van der Waals surface area contributed by atoms with Crippen molar-refractivity contribution in [3.8, 4) is 0 Å². The Balaban J connectivity index is 1.58. The van der Waals surface area contributed by atoms with Crippen LogP contribution in [0.3, 0.4) is 0 Å². The lowest BCUT2D eigenvalue weighted by molar-refractivity contribution is -0.129. The number of hydrogen-bond donors (Lipinski definition) is 1. The molecule has 2 aromatic rings. The summed E-state index contributed by atoms with van der Waals surface area (Å²) in [6.07, 6.45) is 3.88. The quantitative estimate of drug-likeness (QED) is 0.939. The van der Waals surface area contributed by atoms with Gasteiger partial charge in [0, 0.05) is 18.5 Å². The van der Waals surface area contributed by atoms with Gasteiger partial charge in [0.2, 0.25) is 5.91 Å². The van der Waals surface area contributed by atoms with Crippen molar-refractivity contribution in [3.63, 3.8) is 0 Å². The predicted octanol–water partition coefficient (Wildman–Crippen LogP) is 2.15. The highest BCUT2D eigenvalue weighted by Crippen LogP contribution is 2.18. The molecular weight excluding hydrogens is 290 g/mol. The molecule has 1 fully saturated rings. The third-order valence-corrected chi connectivity index (χ3v) is 4.11. The second-order valence-electron chi connectivity index (χ2n) is 4.84. The van der Waals surface area contributed by atoms with E-state index in [4.69, 9.17) is 4.42 Å². The van der Waals surface area contributed by atoms with Gasteiger partial charge < -0.3 is 9.32 Å². The summed E-state index contributed by atoms with van der Waals surface area (Å²) in [5, 5.41) is 4.93. The van der Waals surface area contributed by atoms with E-state index in [0.29, 0.717) is 10.8 Å². The van der Waals surface area contributed by atoms with Crippen LogP contribution in [0.2, 0.25) is 0 Å². The van der Waals surface area contributed by atoms with Gasteiger partial charge in [-0.1, -0.05) is 0 Å². The minimum atomic E-state index is -0.341. The number of hydrogen-bond acceptors (Lipinski definition) is 5. The Morgan fingerprint density at radius 3 is 2.90 bits per heavy atom. The van der Waals surface area contributed by atoms with Crippen molar-refractivity contribution in [1.29, 1.82) is 0 Å². The van der Waals surface area contributed by atoms with E-state index in [-0.39, 0.29) is 24.0 Å². The molecule has 0 aromatic carbocycles. The molecule has 0 bridgehead atoms. The first-order valence-electron chi connectivity index (χ1n) is 6.79. The number of nitrogens with one attached hydrogen (secondary N) is 1. The van der Waals surface area contributed by atoms with Crippen LogP contribution in [-0.2, 0) is 11.2 Å². The second kappa shape index (κ2) is 6.09. The Hall–Kier alpha value is -2.15. The molecule has 1 saturated heterocycles. The number of nitrogens with zero attached hydrogens (tertiary/aromatic N) is 2. The average Bonchev–Trinajstić information content (AvgIpc) is 3.22. The van der Waals surface area contributed by atoms with Crippen molar-refractivity contribution in [2.24, 2.45) is 0 Å². The van der Waals surface area contributed by atoms with E-state index in [1.165, 1.54) is 17.6 Å². The van der Waals surface area contributed by atoms with Gasteiger partial charge in [0.05, 0.1) is 18.4 Å². The largest absolute Gasteiger partial charge is 0.459 e. The molecule has 2 aromatic heterocycles. The number of anilines is 1. The van der Waals surface area contributed by atoms with Crippen molar-refractivity contribution < 1.29 is 14.0 Å². The molecule has 0 saturated carbocycles. The Labute approximate surface area is 125 Å². The minimum Gasteiger partial charge on any atom is -0.459 e. The van der Waals surface area contributed by atoms with Gasteiger partial charge in [-0.05, 0) is 25.0 Å². The van der Waals surface area contributed by atoms with E-state index >= 15 is 0 Å². The van der Waals surface area contributed by atoms with Crippen LogP contribution in [0, 0.1) is 0 Å². The van der Waals surface area contributed by atoms with E-state index < -0.39 is 0 Å².